The minimum atomic E-state index is 0.538. The van der Waals surface area contributed by atoms with Crippen LogP contribution in [0.5, 0.6) is 0 Å². The van der Waals surface area contributed by atoms with Gasteiger partial charge in [-0.3, -0.25) is 0 Å². The van der Waals surface area contributed by atoms with E-state index in [0.717, 1.165) is 22.4 Å². The Morgan fingerprint density at radius 3 is 2.83 bits per heavy atom. The molecular formula is C14H12BrN3. The van der Waals surface area contributed by atoms with Gasteiger partial charge in [-0.2, -0.15) is 5.26 Å². The third-order valence-corrected chi connectivity index (χ3v) is 3.23. The molecule has 1 N–H and O–H groups in total. The summed E-state index contributed by atoms with van der Waals surface area (Å²) in [5.74, 6) is 0.718. The molecule has 0 aliphatic heterocycles. The van der Waals surface area contributed by atoms with Crippen molar-refractivity contribution in [2.24, 2.45) is 0 Å². The van der Waals surface area contributed by atoms with Gasteiger partial charge in [0.2, 0.25) is 0 Å². The Kier molecular flexibility index (Phi) is 3.96. The van der Waals surface area contributed by atoms with Gasteiger partial charge in [0.25, 0.3) is 0 Å². The number of aryl methyl sites for hydroxylation is 1. The molecule has 0 amide bonds. The van der Waals surface area contributed by atoms with Crippen LogP contribution < -0.4 is 5.32 Å². The Bertz CT molecular complexity index is 602. The van der Waals surface area contributed by atoms with E-state index in [-0.39, 0.29) is 0 Å². The highest BCUT2D eigenvalue weighted by atomic mass is 79.9. The van der Waals surface area contributed by atoms with Crippen LogP contribution in [-0.4, -0.2) is 4.98 Å². The molecule has 0 unspecified atom stereocenters. The number of hydrogen-bond donors (Lipinski definition) is 1. The van der Waals surface area contributed by atoms with E-state index in [2.05, 4.69) is 45.3 Å². The molecule has 2 rings (SSSR count). The lowest BCUT2D eigenvalue weighted by Crippen LogP contribution is -1.98. The van der Waals surface area contributed by atoms with Crippen LogP contribution in [-0.2, 0) is 6.42 Å². The lowest BCUT2D eigenvalue weighted by molar-refractivity contribution is 1.14. The number of nitrogens with zero attached hydrogens (tertiary/aromatic N) is 2. The summed E-state index contributed by atoms with van der Waals surface area (Å²) in [6, 6.07) is 11.9. The molecular weight excluding hydrogens is 290 g/mol. The number of nitrogens with one attached hydrogen (secondary N) is 1. The van der Waals surface area contributed by atoms with Crippen molar-refractivity contribution in [3.8, 4) is 6.07 Å². The van der Waals surface area contributed by atoms with E-state index in [1.54, 1.807) is 12.3 Å². The van der Waals surface area contributed by atoms with E-state index in [4.69, 9.17) is 5.26 Å². The van der Waals surface area contributed by atoms with Gasteiger partial charge in [0.05, 0.1) is 10.0 Å². The first-order chi connectivity index (χ1) is 8.74. The second-order valence-corrected chi connectivity index (χ2v) is 4.66. The van der Waals surface area contributed by atoms with Crippen molar-refractivity contribution in [3.05, 3.63) is 52.1 Å². The summed E-state index contributed by atoms with van der Waals surface area (Å²) in [6.45, 7) is 2.11. The lowest BCUT2D eigenvalue weighted by Gasteiger charge is -2.11. The average molecular weight is 302 g/mol. The van der Waals surface area contributed by atoms with Gasteiger partial charge < -0.3 is 5.32 Å². The molecule has 4 heteroatoms. The molecule has 0 aliphatic carbocycles. The number of pyridine rings is 1. The van der Waals surface area contributed by atoms with Crippen LogP contribution in [0.2, 0.25) is 0 Å². The topological polar surface area (TPSA) is 48.7 Å². The summed E-state index contributed by atoms with van der Waals surface area (Å²) < 4.78 is 0.785. The van der Waals surface area contributed by atoms with Crippen molar-refractivity contribution in [1.29, 1.82) is 5.26 Å². The second-order valence-electron chi connectivity index (χ2n) is 3.80. The maximum atomic E-state index is 8.79. The van der Waals surface area contributed by atoms with Crippen LogP contribution in [0.4, 0.5) is 11.5 Å². The van der Waals surface area contributed by atoms with Crippen LogP contribution in [0.25, 0.3) is 0 Å². The molecule has 0 bridgehead atoms. The van der Waals surface area contributed by atoms with E-state index in [1.165, 1.54) is 5.56 Å². The first-order valence-corrected chi connectivity index (χ1v) is 6.44. The van der Waals surface area contributed by atoms with Crippen LogP contribution in [0.1, 0.15) is 18.1 Å². The number of halogens is 1. The molecule has 0 aliphatic rings. The highest BCUT2D eigenvalue weighted by Gasteiger charge is 2.05. The van der Waals surface area contributed by atoms with Gasteiger partial charge in [0.15, 0.2) is 0 Å². The fourth-order valence-corrected chi connectivity index (χ4v) is 2.12. The normalized spacial score (nSPS) is 9.83. The molecule has 18 heavy (non-hydrogen) atoms. The van der Waals surface area contributed by atoms with Gasteiger partial charge in [0.1, 0.15) is 11.9 Å². The monoisotopic (exact) mass is 301 g/mol. The second kappa shape index (κ2) is 5.65. The van der Waals surface area contributed by atoms with E-state index in [1.807, 2.05) is 18.2 Å². The molecule has 1 heterocycles. The van der Waals surface area contributed by atoms with Crippen LogP contribution in [0.15, 0.2) is 41.0 Å². The zero-order valence-corrected chi connectivity index (χ0v) is 11.5. The van der Waals surface area contributed by atoms with Crippen molar-refractivity contribution in [2.75, 3.05) is 5.32 Å². The van der Waals surface area contributed by atoms with Crippen LogP contribution in [0.3, 0.4) is 0 Å². The SMILES string of the molecule is CCc1ccccc1Nc1ncc(C#N)cc1Br. The Morgan fingerprint density at radius 1 is 1.39 bits per heavy atom. The van der Waals surface area contributed by atoms with Crippen molar-refractivity contribution < 1.29 is 0 Å². The van der Waals surface area contributed by atoms with Gasteiger partial charge >= 0.3 is 0 Å². The fourth-order valence-electron chi connectivity index (χ4n) is 1.67. The summed E-state index contributed by atoms with van der Waals surface area (Å²) in [7, 11) is 0. The average Bonchev–Trinajstić information content (AvgIpc) is 2.41. The fraction of sp³-hybridized carbons (Fsp3) is 0.143. The maximum Gasteiger partial charge on any atom is 0.144 e. The van der Waals surface area contributed by atoms with Gasteiger partial charge in [-0.25, -0.2) is 4.98 Å². The number of benzene rings is 1. The molecule has 0 atom stereocenters. The van der Waals surface area contributed by atoms with E-state index < -0.39 is 0 Å². The number of anilines is 2. The molecule has 2 aromatic rings. The largest absolute Gasteiger partial charge is 0.339 e. The molecule has 0 radical (unpaired) electrons. The smallest absolute Gasteiger partial charge is 0.144 e. The molecule has 1 aromatic carbocycles. The summed E-state index contributed by atoms with van der Waals surface area (Å²) >= 11 is 3.42. The third-order valence-electron chi connectivity index (χ3n) is 2.62. The molecule has 0 fully saturated rings. The number of rotatable bonds is 3. The van der Waals surface area contributed by atoms with Crippen molar-refractivity contribution >= 4 is 27.4 Å². The quantitative estimate of drug-likeness (QED) is 0.931. The van der Waals surface area contributed by atoms with Gasteiger partial charge in [-0.15, -0.1) is 0 Å². The minimum Gasteiger partial charge on any atom is -0.339 e. The third kappa shape index (κ3) is 2.69. The number of aromatic nitrogens is 1. The molecule has 1 aromatic heterocycles. The van der Waals surface area contributed by atoms with Gasteiger partial charge in [0, 0.05) is 11.9 Å². The highest BCUT2D eigenvalue weighted by Crippen LogP contribution is 2.26. The summed E-state index contributed by atoms with van der Waals surface area (Å²) in [5.41, 5.74) is 2.81. The standard InChI is InChI=1S/C14H12BrN3/c1-2-11-5-3-4-6-13(11)18-14-12(15)7-10(8-16)9-17-14/h3-7,9H,2H2,1H3,(H,17,18). The van der Waals surface area contributed by atoms with Crippen molar-refractivity contribution in [3.63, 3.8) is 0 Å². The van der Waals surface area contributed by atoms with E-state index >= 15 is 0 Å². The summed E-state index contributed by atoms with van der Waals surface area (Å²) in [5, 5.41) is 12.1. The summed E-state index contributed by atoms with van der Waals surface area (Å²) in [6.07, 6.45) is 2.51. The highest BCUT2D eigenvalue weighted by molar-refractivity contribution is 9.10. The lowest BCUT2D eigenvalue weighted by atomic mass is 10.1. The Hall–Kier alpha value is -1.86. The molecule has 0 spiro atoms. The predicted molar refractivity (Wildman–Crippen MR) is 75.8 cm³/mol. The number of hydrogen-bond acceptors (Lipinski definition) is 3. The number of nitriles is 1. The van der Waals surface area contributed by atoms with E-state index in [0.29, 0.717) is 5.56 Å². The molecule has 90 valence electrons. The molecule has 0 saturated heterocycles. The van der Waals surface area contributed by atoms with Crippen LogP contribution >= 0.6 is 15.9 Å². The Morgan fingerprint density at radius 2 is 2.17 bits per heavy atom. The predicted octanol–water partition coefficient (Wildman–Crippen LogP) is 4.02. The first-order valence-electron chi connectivity index (χ1n) is 5.65. The zero-order valence-electron chi connectivity index (χ0n) is 9.94. The van der Waals surface area contributed by atoms with Crippen molar-refractivity contribution in [2.45, 2.75) is 13.3 Å². The van der Waals surface area contributed by atoms with Crippen molar-refractivity contribution in [1.82, 2.24) is 4.98 Å². The first kappa shape index (κ1) is 12.6. The van der Waals surface area contributed by atoms with Crippen LogP contribution in [0, 0.1) is 11.3 Å². The molecule has 0 saturated carbocycles. The Balaban J connectivity index is 2.32. The number of para-hydroxylation sites is 1. The molecule has 3 nitrogen and oxygen atoms in total. The minimum absolute atomic E-state index is 0.538. The van der Waals surface area contributed by atoms with Gasteiger partial charge in [-0.05, 0) is 40.0 Å². The zero-order chi connectivity index (χ0) is 13.0. The summed E-state index contributed by atoms with van der Waals surface area (Å²) in [4.78, 5) is 4.24. The maximum absolute atomic E-state index is 8.79. The Labute approximate surface area is 115 Å². The van der Waals surface area contributed by atoms with E-state index in [9.17, 15) is 0 Å². The van der Waals surface area contributed by atoms with Gasteiger partial charge in [-0.1, -0.05) is 25.1 Å².